The fraction of sp³-hybridized carbons (Fsp3) is 0.111. The molecule has 3 nitrogen and oxygen atoms in total. The van der Waals surface area contributed by atoms with Crippen molar-refractivity contribution in [3.63, 3.8) is 0 Å². The molecule has 0 fully saturated rings. The third kappa shape index (κ3) is 2.03. The van der Waals surface area contributed by atoms with E-state index in [1.807, 2.05) is 24.4 Å². The molecule has 2 aromatic heterocycles. The van der Waals surface area contributed by atoms with E-state index < -0.39 is 0 Å². The van der Waals surface area contributed by atoms with Gasteiger partial charge in [0.05, 0.1) is 0 Å². The summed E-state index contributed by atoms with van der Waals surface area (Å²) >= 11 is 0. The number of aromatic nitrogens is 1. The van der Waals surface area contributed by atoms with Gasteiger partial charge in [-0.1, -0.05) is 18.2 Å². The zero-order valence-corrected chi connectivity index (χ0v) is 11.6. The van der Waals surface area contributed by atoms with Gasteiger partial charge in [-0.25, -0.2) is 0 Å². The summed E-state index contributed by atoms with van der Waals surface area (Å²) in [6, 6.07) is 16.5. The summed E-state index contributed by atoms with van der Waals surface area (Å²) in [5.41, 5.74) is 10.1. The van der Waals surface area contributed by atoms with E-state index in [1.54, 1.807) is 0 Å². The normalized spacial score (nSPS) is 11.5. The van der Waals surface area contributed by atoms with Gasteiger partial charge in [0.25, 0.3) is 0 Å². The summed E-state index contributed by atoms with van der Waals surface area (Å²) in [6.07, 6.45) is 2.92. The fourth-order valence-corrected chi connectivity index (χ4v) is 2.82. The molecule has 2 aromatic carbocycles. The van der Waals surface area contributed by atoms with E-state index >= 15 is 0 Å². The Bertz CT molecular complexity index is 884. The summed E-state index contributed by atoms with van der Waals surface area (Å²) in [6.45, 7) is 0.655. The first-order valence-corrected chi connectivity index (χ1v) is 7.14. The van der Waals surface area contributed by atoms with Crippen molar-refractivity contribution in [2.45, 2.75) is 6.42 Å². The van der Waals surface area contributed by atoms with Crippen LogP contribution in [0.3, 0.4) is 0 Å². The Morgan fingerprint density at radius 2 is 1.95 bits per heavy atom. The molecule has 3 N–H and O–H groups in total. The van der Waals surface area contributed by atoms with E-state index in [0.29, 0.717) is 6.54 Å². The average Bonchev–Trinajstić information content (AvgIpc) is 3.11. The first kappa shape index (κ1) is 12.2. The first-order chi connectivity index (χ1) is 10.3. The minimum Gasteiger partial charge on any atom is -0.456 e. The minimum atomic E-state index is 0.655. The highest BCUT2D eigenvalue weighted by molar-refractivity contribution is 5.89. The number of benzene rings is 2. The second kappa shape index (κ2) is 4.79. The molecule has 0 atom stereocenters. The number of hydrogen-bond donors (Lipinski definition) is 2. The highest BCUT2D eigenvalue weighted by Gasteiger charge is 2.09. The highest BCUT2D eigenvalue weighted by atomic mass is 16.3. The summed E-state index contributed by atoms with van der Waals surface area (Å²) in [5, 5.41) is 2.35. The van der Waals surface area contributed by atoms with E-state index in [4.69, 9.17) is 10.2 Å². The SMILES string of the molecule is NCCc1c[nH]c2ccc(-c3cc4ccccc4o3)cc12. The van der Waals surface area contributed by atoms with Crippen molar-refractivity contribution in [1.82, 2.24) is 4.98 Å². The van der Waals surface area contributed by atoms with Crippen molar-refractivity contribution < 1.29 is 4.42 Å². The highest BCUT2D eigenvalue weighted by Crippen LogP contribution is 2.30. The lowest BCUT2D eigenvalue weighted by Gasteiger charge is -2.00. The molecule has 0 amide bonds. The number of H-pyrrole nitrogens is 1. The molecule has 0 aliphatic carbocycles. The van der Waals surface area contributed by atoms with Gasteiger partial charge in [-0.05, 0) is 48.9 Å². The molecule has 4 aromatic rings. The lowest BCUT2D eigenvalue weighted by Crippen LogP contribution is -2.01. The molecule has 104 valence electrons. The Hall–Kier alpha value is -2.52. The van der Waals surface area contributed by atoms with Gasteiger partial charge in [-0.15, -0.1) is 0 Å². The third-order valence-electron chi connectivity index (χ3n) is 3.89. The van der Waals surface area contributed by atoms with Crippen LogP contribution in [0.5, 0.6) is 0 Å². The molecule has 2 heterocycles. The maximum Gasteiger partial charge on any atom is 0.135 e. The Balaban J connectivity index is 1.87. The number of nitrogens with two attached hydrogens (primary N) is 1. The molecule has 0 saturated heterocycles. The smallest absolute Gasteiger partial charge is 0.135 e. The van der Waals surface area contributed by atoms with Crippen LogP contribution in [0.25, 0.3) is 33.2 Å². The van der Waals surface area contributed by atoms with Crippen LogP contribution in [0.1, 0.15) is 5.56 Å². The molecule has 0 saturated carbocycles. The van der Waals surface area contributed by atoms with Crippen LogP contribution in [-0.2, 0) is 6.42 Å². The zero-order valence-electron chi connectivity index (χ0n) is 11.6. The van der Waals surface area contributed by atoms with E-state index in [0.717, 1.165) is 34.2 Å². The number of aromatic amines is 1. The monoisotopic (exact) mass is 276 g/mol. The summed E-state index contributed by atoms with van der Waals surface area (Å²) in [5.74, 6) is 0.901. The van der Waals surface area contributed by atoms with Crippen molar-refractivity contribution in [3.8, 4) is 11.3 Å². The van der Waals surface area contributed by atoms with Crippen molar-refractivity contribution in [2.24, 2.45) is 5.73 Å². The molecular weight excluding hydrogens is 260 g/mol. The van der Waals surface area contributed by atoms with Gasteiger partial charge >= 0.3 is 0 Å². The fourth-order valence-electron chi connectivity index (χ4n) is 2.82. The number of furan rings is 1. The lowest BCUT2D eigenvalue weighted by molar-refractivity contribution is 0.631. The predicted molar refractivity (Wildman–Crippen MR) is 86.3 cm³/mol. The van der Waals surface area contributed by atoms with Crippen LogP contribution < -0.4 is 5.73 Å². The van der Waals surface area contributed by atoms with Crippen LogP contribution >= 0.6 is 0 Å². The van der Waals surface area contributed by atoms with Gasteiger partial charge in [0.15, 0.2) is 0 Å². The van der Waals surface area contributed by atoms with Crippen LogP contribution in [0.4, 0.5) is 0 Å². The largest absolute Gasteiger partial charge is 0.456 e. The second-order valence-corrected chi connectivity index (χ2v) is 5.26. The third-order valence-corrected chi connectivity index (χ3v) is 3.89. The maximum atomic E-state index is 5.94. The first-order valence-electron chi connectivity index (χ1n) is 7.14. The molecule has 0 aliphatic rings. The molecule has 3 heteroatoms. The molecular formula is C18H16N2O. The molecule has 4 rings (SSSR count). The van der Waals surface area contributed by atoms with E-state index in [2.05, 4.69) is 35.3 Å². The molecule has 21 heavy (non-hydrogen) atoms. The average molecular weight is 276 g/mol. The van der Waals surface area contributed by atoms with E-state index in [9.17, 15) is 0 Å². The van der Waals surface area contributed by atoms with Crippen LogP contribution in [0.2, 0.25) is 0 Å². The summed E-state index contributed by atoms with van der Waals surface area (Å²) in [7, 11) is 0. The van der Waals surface area contributed by atoms with Gasteiger partial charge in [0.1, 0.15) is 11.3 Å². The topological polar surface area (TPSA) is 55.0 Å². The van der Waals surface area contributed by atoms with Gasteiger partial charge in [-0.3, -0.25) is 0 Å². The second-order valence-electron chi connectivity index (χ2n) is 5.26. The van der Waals surface area contributed by atoms with Crippen molar-refractivity contribution in [3.05, 3.63) is 60.3 Å². The van der Waals surface area contributed by atoms with Crippen molar-refractivity contribution in [2.75, 3.05) is 6.54 Å². The quantitative estimate of drug-likeness (QED) is 0.592. The summed E-state index contributed by atoms with van der Waals surface area (Å²) < 4.78 is 5.94. The van der Waals surface area contributed by atoms with Crippen LogP contribution in [0, 0.1) is 0 Å². The maximum absolute atomic E-state index is 5.94. The Morgan fingerprint density at radius 1 is 1.05 bits per heavy atom. The minimum absolute atomic E-state index is 0.655. The molecule has 0 aliphatic heterocycles. The predicted octanol–water partition coefficient (Wildman–Crippen LogP) is 4.08. The summed E-state index contributed by atoms with van der Waals surface area (Å²) in [4.78, 5) is 3.29. The zero-order chi connectivity index (χ0) is 14.2. The van der Waals surface area contributed by atoms with Crippen molar-refractivity contribution in [1.29, 1.82) is 0 Å². The molecule has 0 unspecified atom stereocenters. The lowest BCUT2D eigenvalue weighted by atomic mass is 10.1. The number of nitrogens with one attached hydrogen (secondary N) is 1. The van der Waals surface area contributed by atoms with Crippen LogP contribution in [0.15, 0.2) is 59.1 Å². The number of para-hydroxylation sites is 1. The van der Waals surface area contributed by atoms with Gasteiger partial charge in [-0.2, -0.15) is 0 Å². The van der Waals surface area contributed by atoms with E-state index in [-0.39, 0.29) is 0 Å². The van der Waals surface area contributed by atoms with Gasteiger partial charge < -0.3 is 15.1 Å². The van der Waals surface area contributed by atoms with Gasteiger partial charge in [0.2, 0.25) is 0 Å². The molecule has 0 radical (unpaired) electrons. The standard InChI is InChI=1S/C18H16N2O/c19-8-7-14-11-20-16-6-5-13(9-15(14)16)18-10-12-3-1-2-4-17(12)21-18/h1-6,9-11,20H,7-8,19H2. The van der Waals surface area contributed by atoms with Crippen molar-refractivity contribution >= 4 is 21.9 Å². The number of fused-ring (bicyclic) bond motifs is 2. The Kier molecular flexibility index (Phi) is 2.79. The Labute approximate surface area is 122 Å². The number of hydrogen-bond acceptors (Lipinski definition) is 2. The van der Waals surface area contributed by atoms with E-state index in [1.165, 1.54) is 10.9 Å². The molecule has 0 spiro atoms. The number of rotatable bonds is 3. The van der Waals surface area contributed by atoms with Gasteiger partial charge in [0, 0.05) is 28.0 Å². The molecule has 0 bridgehead atoms. The van der Waals surface area contributed by atoms with Crippen LogP contribution in [-0.4, -0.2) is 11.5 Å². The Morgan fingerprint density at radius 3 is 2.81 bits per heavy atom.